The number of nitrogens with zero attached hydrogens (tertiary/aromatic N) is 2. The molecule has 1 amide bonds. The summed E-state index contributed by atoms with van der Waals surface area (Å²) in [5.74, 6) is 2.23. The summed E-state index contributed by atoms with van der Waals surface area (Å²) in [5.41, 5.74) is 1.20. The third-order valence-corrected chi connectivity index (χ3v) is 7.25. The minimum Gasteiger partial charge on any atom is -0.372 e. The Hall–Kier alpha value is -1.38. The van der Waals surface area contributed by atoms with Crippen LogP contribution in [0.4, 0.5) is 0 Å². The molecule has 1 saturated heterocycles. The van der Waals surface area contributed by atoms with Gasteiger partial charge in [-0.15, -0.1) is 11.3 Å². The number of aromatic nitrogens is 2. The number of amides is 1. The normalized spacial score (nSPS) is 22.4. The van der Waals surface area contributed by atoms with Crippen molar-refractivity contribution in [1.82, 2.24) is 14.9 Å². The van der Waals surface area contributed by atoms with Crippen molar-refractivity contribution < 1.29 is 9.53 Å². The molecular weight excluding hydrogens is 382 g/mol. The fourth-order valence-electron chi connectivity index (χ4n) is 3.98. The summed E-state index contributed by atoms with van der Waals surface area (Å²) in [6, 6.07) is 0. The lowest BCUT2D eigenvalue weighted by Gasteiger charge is -2.35. The predicted molar refractivity (Wildman–Crippen MR) is 110 cm³/mol. The van der Waals surface area contributed by atoms with Crippen LogP contribution in [0, 0.1) is 0 Å². The molecule has 146 valence electrons. The number of hydrogen-bond donors (Lipinski definition) is 1. The second-order valence-corrected chi connectivity index (χ2v) is 9.60. The van der Waals surface area contributed by atoms with Gasteiger partial charge in [0.2, 0.25) is 5.91 Å². The van der Waals surface area contributed by atoms with E-state index in [4.69, 9.17) is 4.74 Å². The fourth-order valence-corrected chi connectivity index (χ4v) is 6.06. The van der Waals surface area contributed by atoms with Crippen LogP contribution in [0.3, 0.4) is 0 Å². The van der Waals surface area contributed by atoms with Gasteiger partial charge >= 0.3 is 0 Å². The maximum absolute atomic E-state index is 12.5. The van der Waals surface area contributed by atoms with E-state index in [1.807, 2.05) is 18.7 Å². The van der Waals surface area contributed by atoms with Gasteiger partial charge in [0.1, 0.15) is 10.7 Å². The number of fused-ring (bicyclic) bond motifs is 3. The van der Waals surface area contributed by atoms with Gasteiger partial charge in [0.25, 0.3) is 5.56 Å². The number of nitrogens with one attached hydrogen (secondary N) is 1. The van der Waals surface area contributed by atoms with Gasteiger partial charge in [-0.1, -0.05) is 0 Å². The van der Waals surface area contributed by atoms with E-state index in [2.05, 4.69) is 9.97 Å². The Kier molecular flexibility index (Phi) is 5.57. The van der Waals surface area contributed by atoms with Crippen molar-refractivity contribution >= 4 is 39.2 Å². The van der Waals surface area contributed by atoms with Crippen LogP contribution < -0.4 is 5.56 Å². The third kappa shape index (κ3) is 4.07. The molecule has 2 aliphatic rings. The molecule has 0 radical (unpaired) electrons. The first-order valence-corrected chi connectivity index (χ1v) is 11.5. The minimum atomic E-state index is -0.0117. The number of aryl methyl sites for hydroxylation is 2. The summed E-state index contributed by atoms with van der Waals surface area (Å²) in [7, 11) is 0. The van der Waals surface area contributed by atoms with Crippen molar-refractivity contribution in [2.24, 2.45) is 0 Å². The molecule has 0 aromatic carbocycles. The fraction of sp³-hybridized carbons (Fsp3) is 0.632. The van der Waals surface area contributed by atoms with E-state index >= 15 is 0 Å². The molecule has 1 aliphatic heterocycles. The molecule has 0 saturated carbocycles. The molecule has 2 aromatic rings. The number of rotatable bonds is 5. The van der Waals surface area contributed by atoms with Crippen molar-refractivity contribution in [3.05, 3.63) is 26.6 Å². The highest BCUT2D eigenvalue weighted by Gasteiger charge is 2.25. The maximum atomic E-state index is 12.5. The number of thioether (sulfide) groups is 1. The third-order valence-electron chi connectivity index (χ3n) is 5.10. The van der Waals surface area contributed by atoms with Gasteiger partial charge in [0.05, 0.1) is 23.3 Å². The molecule has 8 heteroatoms. The molecule has 2 aromatic heterocycles. The predicted octanol–water partition coefficient (Wildman–Crippen LogP) is 2.73. The number of ether oxygens (including phenoxy) is 1. The van der Waals surface area contributed by atoms with E-state index in [1.165, 1.54) is 10.4 Å². The van der Waals surface area contributed by atoms with Gasteiger partial charge in [-0.3, -0.25) is 9.59 Å². The molecule has 0 spiro atoms. The van der Waals surface area contributed by atoms with E-state index in [0.717, 1.165) is 35.2 Å². The molecule has 0 unspecified atom stereocenters. The molecular formula is C19H25N3O3S2. The van der Waals surface area contributed by atoms with Crippen LogP contribution in [0.5, 0.6) is 0 Å². The van der Waals surface area contributed by atoms with Gasteiger partial charge < -0.3 is 14.6 Å². The number of H-pyrrole nitrogens is 1. The lowest BCUT2D eigenvalue weighted by atomic mass is 10.2. The van der Waals surface area contributed by atoms with E-state index in [-0.39, 0.29) is 23.7 Å². The molecule has 1 N–H and O–H groups in total. The second-order valence-electron chi connectivity index (χ2n) is 7.41. The zero-order chi connectivity index (χ0) is 19.0. The average Bonchev–Trinajstić information content (AvgIpc) is 3.18. The average molecular weight is 408 g/mol. The smallest absolute Gasteiger partial charge is 0.259 e. The Morgan fingerprint density at radius 2 is 2.11 bits per heavy atom. The second kappa shape index (κ2) is 7.93. The van der Waals surface area contributed by atoms with Crippen molar-refractivity contribution in [3.63, 3.8) is 0 Å². The van der Waals surface area contributed by atoms with Crippen molar-refractivity contribution in [2.45, 2.75) is 57.5 Å². The van der Waals surface area contributed by atoms with E-state index in [0.29, 0.717) is 31.1 Å². The number of carbonyl (C=O) groups excluding carboxylic acids is 1. The Morgan fingerprint density at radius 1 is 1.33 bits per heavy atom. The van der Waals surface area contributed by atoms with Crippen LogP contribution in [0.25, 0.3) is 10.2 Å². The van der Waals surface area contributed by atoms with Crippen molar-refractivity contribution in [3.8, 4) is 0 Å². The first-order valence-electron chi connectivity index (χ1n) is 9.55. The summed E-state index contributed by atoms with van der Waals surface area (Å²) in [6.07, 6.45) is 3.90. The van der Waals surface area contributed by atoms with Crippen LogP contribution in [0.2, 0.25) is 0 Å². The largest absolute Gasteiger partial charge is 0.372 e. The monoisotopic (exact) mass is 407 g/mol. The number of thiophene rings is 1. The Balaban J connectivity index is 1.32. The summed E-state index contributed by atoms with van der Waals surface area (Å²) < 4.78 is 5.68. The molecule has 1 aliphatic carbocycles. The molecule has 3 heterocycles. The first-order chi connectivity index (χ1) is 13.0. The quantitative estimate of drug-likeness (QED) is 0.772. The van der Waals surface area contributed by atoms with E-state index in [1.54, 1.807) is 23.1 Å². The van der Waals surface area contributed by atoms with Gasteiger partial charge in [-0.2, -0.15) is 11.8 Å². The Morgan fingerprint density at radius 3 is 2.89 bits per heavy atom. The molecule has 1 fully saturated rings. The van der Waals surface area contributed by atoms with Crippen LogP contribution in [-0.4, -0.2) is 51.8 Å². The van der Waals surface area contributed by atoms with Gasteiger partial charge in [-0.25, -0.2) is 4.98 Å². The van der Waals surface area contributed by atoms with Gasteiger partial charge in [0.15, 0.2) is 0 Å². The van der Waals surface area contributed by atoms with Crippen LogP contribution >= 0.6 is 23.1 Å². The van der Waals surface area contributed by atoms with Crippen LogP contribution in [-0.2, 0) is 28.1 Å². The molecule has 2 atom stereocenters. The molecule has 6 nitrogen and oxygen atoms in total. The van der Waals surface area contributed by atoms with Crippen LogP contribution in [0.1, 0.15) is 43.0 Å². The van der Waals surface area contributed by atoms with Crippen LogP contribution in [0.15, 0.2) is 4.79 Å². The van der Waals surface area contributed by atoms with E-state index in [9.17, 15) is 9.59 Å². The number of carbonyl (C=O) groups is 1. The highest BCUT2D eigenvalue weighted by atomic mass is 32.2. The van der Waals surface area contributed by atoms with Gasteiger partial charge in [-0.05, 0) is 38.7 Å². The topological polar surface area (TPSA) is 75.3 Å². The minimum absolute atomic E-state index is 0.0117. The summed E-state index contributed by atoms with van der Waals surface area (Å²) >= 11 is 3.31. The number of morpholine rings is 1. The summed E-state index contributed by atoms with van der Waals surface area (Å²) in [6.45, 7) is 5.34. The summed E-state index contributed by atoms with van der Waals surface area (Å²) in [4.78, 5) is 36.5. The highest BCUT2D eigenvalue weighted by molar-refractivity contribution is 7.98. The highest BCUT2D eigenvalue weighted by Crippen LogP contribution is 2.34. The van der Waals surface area contributed by atoms with Gasteiger partial charge in [0, 0.05) is 30.1 Å². The number of aromatic amines is 1. The lowest BCUT2D eigenvalue weighted by molar-refractivity contribution is -0.142. The van der Waals surface area contributed by atoms with Crippen molar-refractivity contribution in [2.75, 3.05) is 18.8 Å². The van der Waals surface area contributed by atoms with Crippen molar-refractivity contribution in [1.29, 1.82) is 0 Å². The Labute approximate surface area is 166 Å². The zero-order valence-corrected chi connectivity index (χ0v) is 17.4. The van der Waals surface area contributed by atoms with E-state index < -0.39 is 0 Å². The SMILES string of the molecule is C[C@@H]1CN(C(=O)CCSCc2nc3sc4c(c3c(=O)[nH]2)CCC4)C[C@@H](C)O1. The molecule has 0 bridgehead atoms. The summed E-state index contributed by atoms with van der Waals surface area (Å²) in [5, 5.41) is 0.798. The molecule has 4 rings (SSSR count). The zero-order valence-electron chi connectivity index (χ0n) is 15.7. The lowest BCUT2D eigenvalue weighted by Crippen LogP contribution is -2.48. The number of hydrogen-bond acceptors (Lipinski definition) is 6. The molecule has 27 heavy (non-hydrogen) atoms. The standard InChI is InChI=1S/C19H25N3O3S2/c1-11-8-22(9-12(2)25-11)16(23)6-7-26-10-15-20-18(24)17-13-4-3-5-14(13)27-19(17)21-15/h11-12H,3-10H2,1-2H3,(H,20,21,24)/t11-,12-/m1/s1. The Bertz CT molecular complexity index is 897. The maximum Gasteiger partial charge on any atom is 0.259 e. The first kappa shape index (κ1) is 19.0.